The van der Waals surface area contributed by atoms with Crippen LogP contribution in [0, 0.1) is 10.8 Å². The maximum absolute atomic E-state index is 2.40. The Morgan fingerprint density at radius 3 is 2.25 bits per heavy atom. The smallest absolute Gasteiger partial charge is 0.0150 e. The third-order valence-electron chi connectivity index (χ3n) is 5.10. The number of allylic oxidation sites excluding steroid dienone is 5. The summed E-state index contributed by atoms with van der Waals surface area (Å²) in [6.45, 7) is 6.97. The van der Waals surface area contributed by atoms with Crippen molar-refractivity contribution in [3.05, 3.63) is 90.5 Å². The zero-order valence-electron chi connectivity index (χ0n) is 14.9. The van der Waals surface area contributed by atoms with E-state index < -0.39 is 0 Å². The Hall–Kier alpha value is -2.34. The summed E-state index contributed by atoms with van der Waals surface area (Å²) >= 11 is 0. The van der Waals surface area contributed by atoms with E-state index in [2.05, 4.69) is 112 Å². The first-order valence-electron chi connectivity index (χ1n) is 8.70. The molecule has 1 unspecified atom stereocenters. The van der Waals surface area contributed by atoms with E-state index in [1.807, 2.05) is 0 Å². The molecular formula is C24H26. The van der Waals surface area contributed by atoms with E-state index in [0.717, 1.165) is 6.42 Å². The normalized spacial score (nSPS) is 20.6. The maximum atomic E-state index is 2.40. The molecule has 0 fully saturated rings. The molecule has 0 bridgehead atoms. The maximum Gasteiger partial charge on any atom is 0.0150 e. The summed E-state index contributed by atoms with van der Waals surface area (Å²) in [6.07, 6.45) is 14.7. The first kappa shape index (κ1) is 16.5. The molecule has 0 radical (unpaired) electrons. The largest absolute Gasteiger partial charge is 0.0833 e. The Labute approximate surface area is 146 Å². The monoisotopic (exact) mass is 314 g/mol. The van der Waals surface area contributed by atoms with Crippen molar-refractivity contribution in [1.82, 2.24) is 0 Å². The third-order valence-corrected chi connectivity index (χ3v) is 5.10. The average molecular weight is 314 g/mol. The first-order chi connectivity index (χ1) is 11.5. The minimum atomic E-state index is 0.0611. The molecule has 0 aromatic heterocycles. The highest BCUT2D eigenvalue weighted by molar-refractivity contribution is 5.75. The fourth-order valence-electron chi connectivity index (χ4n) is 3.33. The fraction of sp³-hybridized carbons (Fsp3) is 0.250. The molecule has 0 heteroatoms. The van der Waals surface area contributed by atoms with Crippen LogP contribution in [0.1, 0.15) is 32.8 Å². The van der Waals surface area contributed by atoms with E-state index in [1.165, 1.54) is 16.7 Å². The molecule has 1 atom stereocenters. The van der Waals surface area contributed by atoms with Crippen molar-refractivity contribution >= 4 is 6.08 Å². The summed E-state index contributed by atoms with van der Waals surface area (Å²) in [7, 11) is 0. The van der Waals surface area contributed by atoms with Crippen molar-refractivity contribution in [2.45, 2.75) is 27.2 Å². The molecule has 0 N–H and O–H groups in total. The van der Waals surface area contributed by atoms with Gasteiger partial charge in [0.1, 0.15) is 0 Å². The Balaban J connectivity index is 2.01. The molecule has 2 aromatic rings. The van der Waals surface area contributed by atoms with Gasteiger partial charge in [0.2, 0.25) is 0 Å². The minimum absolute atomic E-state index is 0.0611. The Bertz CT molecular complexity index is 769. The molecule has 122 valence electrons. The number of rotatable bonds is 3. The quantitative estimate of drug-likeness (QED) is 0.577. The molecule has 1 aliphatic carbocycles. The van der Waals surface area contributed by atoms with Gasteiger partial charge in [0.25, 0.3) is 0 Å². The molecule has 1 aliphatic rings. The van der Waals surface area contributed by atoms with Crippen LogP contribution >= 0.6 is 0 Å². The lowest BCUT2D eigenvalue weighted by Gasteiger charge is -2.41. The van der Waals surface area contributed by atoms with E-state index in [-0.39, 0.29) is 10.8 Å². The molecule has 0 nitrogen and oxygen atoms in total. The summed E-state index contributed by atoms with van der Waals surface area (Å²) in [5, 5.41) is 0. The highest BCUT2D eigenvalue weighted by atomic mass is 14.4. The van der Waals surface area contributed by atoms with E-state index in [0.29, 0.717) is 0 Å². The molecule has 3 rings (SSSR count). The van der Waals surface area contributed by atoms with E-state index in [4.69, 9.17) is 0 Å². The van der Waals surface area contributed by atoms with Crippen molar-refractivity contribution < 1.29 is 0 Å². The van der Waals surface area contributed by atoms with Crippen LogP contribution in [0.25, 0.3) is 17.2 Å². The van der Waals surface area contributed by atoms with Gasteiger partial charge in [-0.1, -0.05) is 112 Å². The lowest BCUT2D eigenvalue weighted by molar-refractivity contribution is 0.206. The lowest BCUT2D eigenvalue weighted by atomic mass is 9.63. The topological polar surface area (TPSA) is 0 Å². The summed E-state index contributed by atoms with van der Waals surface area (Å²) < 4.78 is 0. The summed E-state index contributed by atoms with van der Waals surface area (Å²) in [6, 6.07) is 19.3. The SMILES string of the molecule is CC(C)(C)C1(C=Cc2ccccc2-c2ccccc2)C=CC=CC1. The number of hydrogen-bond donors (Lipinski definition) is 0. The van der Waals surface area contributed by atoms with E-state index >= 15 is 0 Å². The highest BCUT2D eigenvalue weighted by Crippen LogP contribution is 2.46. The molecule has 0 saturated heterocycles. The van der Waals surface area contributed by atoms with Gasteiger partial charge in [-0.3, -0.25) is 0 Å². The van der Waals surface area contributed by atoms with Gasteiger partial charge < -0.3 is 0 Å². The first-order valence-corrected chi connectivity index (χ1v) is 8.70. The van der Waals surface area contributed by atoms with Gasteiger partial charge in [-0.25, -0.2) is 0 Å². The second kappa shape index (κ2) is 6.65. The Kier molecular flexibility index (Phi) is 4.57. The van der Waals surface area contributed by atoms with Crippen LogP contribution in [-0.2, 0) is 0 Å². The zero-order valence-corrected chi connectivity index (χ0v) is 14.9. The summed E-state index contributed by atoms with van der Waals surface area (Å²) in [5.41, 5.74) is 4.06. The Morgan fingerprint density at radius 1 is 0.875 bits per heavy atom. The predicted octanol–water partition coefficient (Wildman–Crippen LogP) is 6.92. The van der Waals surface area contributed by atoms with Crippen LogP contribution in [0.15, 0.2) is 85.0 Å². The molecule has 0 aliphatic heterocycles. The zero-order chi connectivity index (χ0) is 17.0. The van der Waals surface area contributed by atoms with Gasteiger partial charge >= 0.3 is 0 Å². The minimum Gasteiger partial charge on any atom is -0.0833 e. The van der Waals surface area contributed by atoms with E-state index in [9.17, 15) is 0 Å². The van der Waals surface area contributed by atoms with Gasteiger partial charge in [0, 0.05) is 5.41 Å². The summed E-state index contributed by atoms with van der Waals surface area (Å²) in [5.74, 6) is 0. The average Bonchev–Trinajstić information content (AvgIpc) is 2.61. The van der Waals surface area contributed by atoms with Crippen LogP contribution in [-0.4, -0.2) is 0 Å². The van der Waals surface area contributed by atoms with Crippen molar-refractivity contribution in [2.24, 2.45) is 10.8 Å². The van der Waals surface area contributed by atoms with E-state index in [1.54, 1.807) is 0 Å². The lowest BCUT2D eigenvalue weighted by Crippen LogP contribution is -2.32. The second-order valence-electron chi connectivity index (χ2n) is 7.57. The molecule has 0 heterocycles. The van der Waals surface area contributed by atoms with Crippen LogP contribution in [0.3, 0.4) is 0 Å². The van der Waals surface area contributed by atoms with Gasteiger partial charge in [0.15, 0.2) is 0 Å². The van der Waals surface area contributed by atoms with Crippen LogP contribution in [0.4, 0.5) is 0 Å². The molecular weight excluding hydrogens is 288 g/mol. The molecule has 0 amide bonds. The van der Waals surface area contributed by atoms with Crippen molar-refractivity contribution in [2.75, 3.05) is 0 Å². The van der Waals surface area contributed by atoms with Gasteiger partial charge in [-0.15, -0.1) is 0 Å². The standard InChI is InChI=1S/C24H26/c1-23(2,3)24(17-10-5-11-18-24)19-16-21-14-8-9-15-22(21)20-12-6-4-7-13-20/h4-17,19H,18H2,1-3H3. The van der Waals surface area contributed by atoms with Crippen LogP contribution in [0.2, 0.25) is 0 Å². The predicted molar refractivity (Wildman–Crippen MR) is 106 cm³/mol. The third kappa shape index (κ3) is 3.28. The van der Waals surface area contributed by atoms with Crippen LogP contribution < -0.4 is 0 Å². The summed E-state index contributed by atoms with van der Waals surface area (Å²) in [4.78, 5) is 0. The molecule has 2 aromatic carbocycles. The van der Waals surface area contributed by atoms with Crippen LogP contribution in [0.5, 0.6) is 0 Å². The van der Waals surface area contributed by atoms with Crippen molar-refractivity contribution in [1.29, 1.82) is 0 Å². The number of hydrogen-bond acceptors (Lipinski definition) is 0. The highest BCUT2D eigenvalue weighted by Gasteiger charge is 2.36. The van der Waals surface area contributed by atoms with Gasteiger partial charge in [0.05, 0.1) is 0 Å². The van der Waals surface area contributed by atoms with Crippen molar-refractivity contribution in [3.8, 4) is 11.1 Å². The Morgan fingerprint density at radius 2 is 1.58 bits per heavy atom. The molecule has 0 spiro atoms. The molecule has 0 saturated carbocycles. The second-order valence-corrected chi connectivity index (χ2v) is 7.57. The number of benzene rings is 2. The fourth-order valence-corrected chi connectivity index (χ4v) is 3.33. The van der Waals surface area contributed by atoms with Gasteiger partial charge in [-0.2, -0.15) is 0 Å². The molecule has 24 heavy (non-hydrogen) atoms. The van der Waals surface area contributed by atoms with Crippen molar-refractivity contribution in [3.63, 3.8) is 0 Å². The van der Waals surface area contributed by atoms with Gasteiger partial charge in [-0.05, 0) is 28.5 Å².